The summed E-state index contributed by atoms with van der Waals surface area (Å²) in [6.45, 7) is 4.75. The second kappa shape index (κ2) is 14.0. The van der Waals surface area contributed by atoms with Crippen molar-refractivity contribution < 1.29 is 39.6 Å². The molecule has 1 heterocycles. The Morgan fingerprint density at radius 1 is 1.00 bits per heavy atom. The van der Waals surface area contributed by atoms with Gasteiger partial charge in [0, 0.05) is 0 Å². The molecule has 0 spiro atoms. The molecular formula is C15H29N3O8. The highest BCUT2D eigenvalue weighted by Crippen LogP contribution is 2.03. The summed E-state index contributed by atoms with van der Waals surface area (Å²) in [4.78, 5) is 39.9. The van der Waals surface area contributed by atoms with Crippen LogP contribution in [0.2, 0.25) is 0 Å². The normalized spacial score (nSPS) is 17.8. The standard InChI is InChI=1S/C6H13NO2.C5H9NO2.C4H7NO4/c1-4(2)3-5(7)6(8)9;7-5(8)4-2-1-3-6-4;5-2(4(8)9)1-3(6)7/h4-5H,3,7H2,1-2H3,(H,8,9);4,6H,1-3H2,(H,7,8);2H,1,5H2,(H,6,7)(H,8,9)/t;4-;/m.0./s1. The van der Waals surface area contributed by atoms with Gasteiger partial charge in [0.15, 0.2) is 0 Å². The van der Waals surface area contributed by atoms with Gasteiger partial charge in [0.25, 0.3) is 0 Å². The summed E-state index contributed by atoms with van der Waals surface area (Å²) in [6.07, 6.45) is 1.80. The maximum atomic E-state index is 10.1. The summed E-state index contributed by atoms with van der Waals surface area (Å²) in [5, 5.41) is 35.5. The SMILES string of the molecule is CC(C)CC(N)C(=O)O.NC(CC(=O)O)C(=O)O.O=C(O)[C@@H]1CCCN1. The molecule has 0 saturated carbocycles. The van der Waals surface area contributed by atoms with E-state index >= 15 is 0 Å². The van der Waals surface area contributed by atoms with Crippen molar-refractivity contribution >= 4 is 23.9 Å². The minimum absolute atomic E-state index is 0.269. The number of hydrogen-bond donors (Lipinski definition) is 7. The number of carboxylic acids is 4. The van der Waals surface area contributed by atoms with Crippen molar-refractivity contribution in [3.8, 4) is 0 Å². The van der Waals surface area contributed by atoms with Crippen LogP contribution in [-0.4, -0.2) is 69.0 Å². The minimum Gasteiger partial charge on any atom is -0.481 e. The molecule has 0 radical (unpaired) electrons. The number of nitrogens with two attached hydrogens (primary N) is 2. The predicted molar refractivity (Wildman–Crippen MR) is 91.6 cm³/mol. The Labute approximate surface area is 151 Å². The average molecular weight is 379 g/mol. The summed E-state index contributed by atoms with van der Waals surface area (Å²) < 4.78 is 0. The quantitative estimate of drug-likeness (QED) is 0.289. The van der Waals surface area contributed by atoms with Gasteiger partial charge in [-0.3, -0.25) is 19.2 Å². The Kier molecular flexibility index (Phi) is 14.0. The fourth-order valence-electron chi connectivity index (χ4n) is 1.78. The maximum Gasteiger partial charge on any atom is 0.321 e. The molecular weight excluding hydrogens is 350 g/mol. The van der Waals surface area contributed by atoms with Gasteiger partial charge in [-0.15, -0.1) is 0 Å². The van der Waals surface area contributed by atoms with Gasteiger partial charge < -0.3 is 37.2 Å². The van der Waals surface area contributed by atoms with Crippen molar-refractivity contribution in [1.29, 1.82) is 0 Å². The van der Waals surface area contributed by atoms with Crippen molar-refractivity contribution in [2.75, 3.05) is 6.54 Å². The van der Waals surface area contributed by atoms with Gasteiger partial charge in [0.1, 0.15) is 18.1 Å². The van der Waals surface area contributed by atoms with E-state index in [9.17, 15) is 19.2 Å². The van der Waals surface area contributed by atoms with Crippen molar-refractivity contribution in [3.05, 3.63) is 0 Å². The van der Waals surface area contributed by atoms with Crippen LogP contribution in [0.3, 0.4) is 0 Å². The summed E-state index contributed by atoms with van der Waals surface area (Å²) in [5.41, 5.74) is 10.1. The van der Waals surface area contributed by atoms with Crippen LogP contribution < -0.4 is 16.8 Å². The first-order valence-electron chi connectivity index (χ1n) is 8.03. The Bertz CT molecular complexity index is 464. The van der Waals surface area contributed by atoms with Crippen LogP contribution in [0.15, 0.2) is 0 Å². The fraction of sp³-hybridized carbons (Fsp3) is 0.733. The van der Waals surface area contributed by atoms with Gasteiger partial charge in [-0.1, -0.05) is 13.8 Å². The third-order valence-corrected chi connectivity index (χ3v) is 3.11. The molecule has 0 bridgehead atoms. The second-order valence-corrected chi connectivity index (χ2v) is 6.10. The summed E-state index contributed by atoms with van der Waals surface area (Å²) >= 11 is 0. The predicted octanol–water partition coefficient (Wildman–Crippen LogP) is -0.860. The van der Waals surface area contributed by atoms with E-state index in [1.807, 2.05) is 13.8 Å². The Morgan fingerprint density at radius 2 is 1.50 bits per heavy atom. The first-order valence-corrected chi connectivity index (χ1v) is 8.03. The molecule has 152 valence electrons. The lowest BCUT2D eigenvalue weighted by molar-refractivity contribution is -0.144. The molecule has 1 rings (SSSR count). The van der Waals surface area contributed by atoms with Gasteiger partial charge >= 0.3 is 23.9 Å². The van der Waals surface area contributed by atoms with Crippen LogP contribution in [0.5, 0.6) is 0 Å². The fourth-order valence-corrected chi connectivity index (χ4v) is 1.78. The highest BCUT2D eigenvalue weighted by molar-refractivity contribution is 5.80. The van der Waals surface area contributed by atoms with Gasteiger partial charge in [0.2, 0.25) is 0 Å². The Morgan fingerprint density at radius 3 is 1.65 bits per heavy atom. The first kappa shape index (κ1) is 26.0. The molecule has 1 aliphatic rings. The number of rotatable bonds is 7. The summed E-state index contributed by atoms with van der Waals surface area (Å²) in [5.74, 6) is -3.77. The third kappa shape index (κ3) is 15.3. The zero-order valence-corrected chi connectivity index (χ0v) is 14.9. The van der Waals surface area contributed by atoms with Crippen molar-refractivity contribution in [3.63, 3.8) is 0 Å². The van der Waals surface area contributed by atoms with Crippen LogP contribution in [0.4, 0.5) is 0 Å². The van der Waals surface area contributed by atoms with E-state index in [0.717, 1.165) is 19.4 Å². The highest BCUT2D eigenvalue weighted by atomic mass is 16.4. The third-order valence-electron chi connectivity index (χ3n) is 3.11. The Hall–Kier alpha value is -2.24. The smallest absolute Gasteiger partial charge is 0.321 e. The molecule has 1 aliphatic heterocycles. The van der Waals surface area contributed by atoms with E-state index < -0.39 is 42.4 Å². The van der Waals surface area contributed by atoms with E-state index in [2.05, 4.69) is 5.32 Å². The largest absolute Gasteiger partial charge is 0.481 e. The van der Waals surface area contributed by atoms with E-state index in [0.29, 0.717) is 12.3 Å². The summed E-state index contributed by atoms with van der Waals surface area (Å²) in [7, 11) is 0. The number of nitrogens with one attached hydrogen (secondary N) is 1. The molecule has 11 nitrogen and oxygen atoms in total. The molecule has 26 heavy (non-hydrogen) atoms. The average Bonchev–Trinajstić information content (AvgIpc) is 3.01. The number of carbonyl (C=O) groups is 4. The summed E-state index contributed by atoms with van der Waals surface area (Å²) in [6, 6.07) is -2.25. The zero-order chi connectivity index (χ0) is 20.9. The highest BCUT2D eigenvalue weighted by Gasteiger charge is 2.20. The monoisotopic (exact) mass is 379 g/mol. The van der Waals surface area contributed by atoms with Crippen molar-refractivity contribution in [2.45, 2.75) is 57.7 Å². The van der Waals surface area contributed by atoms with E-state index in [-0.39, 0.29) is 6.04 Å². The van der Waals surface area contributed by atoms with Crippen LogP contribution in [0.25, 0.3) is 0 Å². The van der Waals surface area contributed by atoms with Crippen LogP contribution in [-0.2, 0) is 19.2 Å². The second-order valence-electron chi connectivity index (χ2n) is 6.10. The molecule has 2 unspecified atom stereocenters. The lowest BCUT2D eigenvalue weighted by Gasteiger charge is -2.07. The molecule has 0 aliphatic carbocycles. The molecule has 0 aromatic carbocycles. The minimum atomic E-state index is -1.29. The van der Waals surface area contributed by atoms with E-state index in [4.69, 9.17) is 31.9 Å². The van der Waals surface area contributed by atoms with Gasteiger partial charge in [-0.05, 0) is 31.7 Å². The van der Waals surface area contributed by atoms with Gasteiger partial charge in [-0.2, -0.15) is 0 Å². The molecule has 0 amide bonds. The molecule has 11 heteroatoms. The molecule has 9 N–H and O–H groups in total. The van der Waals surface area contributed by atoms with E-state index in [1.165, 1.54) is 0 Å². The van der Waals surface area contributed by atoms with Crippen LogP contribution in [0, 0.1) is 5.92 Å². The lowest BCUT2D eigenvalue weighted by Crippen LogP contribution is -2.32. The van der Waals surface area contributed by atoms with Crippen molar-refractivity contribution in [1.82, 2.24) is 5.32 Å². The zero-order valence-electron chi connectivity index (χ0n) is 14.9. The molecule has 1 fully saturated rings. The molecule has 1 saturated heterocycles. The van der Waals surface area contributed by atoms with Crippen molar-refractivity contribution in [2.24, 2.45) is 17.4 Å². The molecule has 0 aromatic heterocycles. The Balaban J connectivity index is 0. The van der Waals surface area contributed by atoms with Crippen LogP contribution in [0.1, 0.15) is 39.5 Å². The maximum absolute atomic E-state index is 10.1. The first-order chi connectivity index (χ1) is 11.9. The lowest BCUT2D eigenvalue weighted by atomic mass is 10.1. The topological polar surface area (TPSA) is 213 Å². The number of aliphatic carboxylic acids is 4. The van der Waals surface area contributed by atoms with Gasteiger partial charge in [-0.25, -0.2) is 0 Å². The van der Waals surface area contributed by atoms with Crippen LogP contribution >= 0.6 is 0 Å². The number of carboxylic acid groups (broad SMARTS) is 4. The van der Waals surface area contributed by atoms with E-state index in [1.54, 1.807) is 0 Å². The van der Waals surface area contributed by atoms with Gasteiger partial charge in [0.05, 0.1) is 6.42 Å². The molecule has 3 atom stereocenters. The molecule has 0 aromatic rings. The number of hydrogen-bond acceptors (Lipinski definition) is 7.